The molecule has 0 bridgehead atoms. The molecule has 1 saturated heterocycles. The number of aromatic nitrogens is 1. The minimum absolute atomic E-state index is 0.308. The van der Waals surface area contributed by atoms with Crippen LogP contribution < -0.4 is 10.1 Å². The monoisotopic (exact) mass is 246 g/mol. The fourth-order valence-electron chi connectivity index (χ4n) is 1.58. The molecular weight excluding hydrogens is 235 g/mol. The summed E-state index contributed by atoms with van der Waals surface area (Å²) in [5, 5.41) is 4.08. The largest absolute Gasteiger partial charge is 0.490 e. The molecule has 0 radical (unpaired) electrons. The Labute approximate surface area is 98.7 Å². The second kappa shape index (κ2) is 5.01. The highest BCUT2D eigenvalue weighted by atomic mass is 35.5. The lowest BCUT2D eigenvalue weighted by Crippen LogP contribution is -2.28. The topological polar surface area (TPSA) is 34.1 Å². The van der Waals surface area contributed by atoms with E-state index in [2.05, 4.69) is 10.3 Å². The van der Waals surface area contributed by atoms with Gasteiger partial charge < -0.3 is 10.1 Å². The summed E-state index contributed by atoms with van der Waals surface area (Å²) in [5.74, 6) is 0.665. The van der Waals surface area contributed by atoms with E-state index in [-0.39, 0.29) is 0 Å². The van der Waals surface area contributed by atoms with E-state index in [1.54, 1.807) is 12.3 Å². The van der Waals surface area contributed by atoms with E-state index in [0.717, 1.165) is 13.0 Å². The van der Waals surface area contributed by atoms with Crippen molar-refractivity contribution in [2.45, 2.75) is 18.9 Å². The highest BCUT2D eigenvalue weighted by molar-refractivity contribution is 6.41. The lowest BCUT2D eigenvalue weighted by molar-refractivity contribution is 0.276. The van der Waals surface area contributed by atoms with E-state index in [1.165, 1.54) is 6.42 Å². The number of nitrogens with zero attached hydrogens (tertiary/aromatic N) is 1. The number of nitrogens with one attached hydrogen (secondary N) is 1. The average Bonchev–Trinajstić information content (AvgIpc) is 2.73. The van der Waals surface area contributed by atoms with Crippen LogP contribution in [-0.4, -0.2) is 24.2 Å². The van der Waals surface area contributed by atoms with Gasteiger partial charge in [0, 0.05) is 12.1 Å². The van der Waals surface area contributed by atoms with E-state index >= 15 is 0 Å². The summed E-state index contributed by atoms with van der Waals surface area (Å²) in [6, 6.07) is 2.13. The second-order valence-corrected chi connectivity index (χ2v) is 4.31. The van der Waals surface area contributed by atoms with Crippen LogP contribution in [0.4, 0.5) is 0 Å². The molecule has 1 fully saturated rings. The Kier molecular flexibility index (Phi) is 3.67. The molecule has 1 aliphatic heterocycles. The molecule has 0 aromatic carbocycles. The minimum atomic E-state index is 0.308. The standard InChI is InChI=1S/C10H12Cl2N2O/c11-9-4-8(5-14-10(9)12)15-6-7-2-1-3-13-7/h4-5,7,13H,1-3,6H2/t7-/m0/s1. The van der Waals surface area contributed by atoms with Crippen LogP contribution in [0.3, 0.4) is 0 Å². The van der Waals surface area contributed by atoms with Crippen LogP contribution in [0.15, 0.2) is 12.3 Å². The molecule has 1 aromatic rings. The number of hydrogen-bond donors (Lipinski definition) is 1. The number of rotatable bonds is 3. The molecule has 0 spiro atoms. The number of halogens is 2. The first kappa shape index (κ1) is 11.0. The molecule has 1 N–H and O–H groups in total. The Bertz CT molecular complexity index is 340. The summed E-state index contributed by atoms with van der Waals surface area (Å²) in [6.45, 7) is 1.73. The fraction of sp³-hybridized carbons (Fsp3) is 0.500. The summed E-state index contributed by atoms with van der Waals surface area (Å²) in [5.41, 5.74) is 0. The van der Waals surface area contributed by atoms with Gasteiger partial charge in [-0.25, -0.2) is 4.98 Å². The van der Waals surface area contributed by atoms with E-state index in [9.17, 15) is 0 Å². The van der Waals surface area contributed by atoms with Gasteiger partial charge in [0.25, 0.3) is 0 Å². The zero-order valence-corrected chi connectivity index (χ0v) is 9.68. The zero-order chi connectivity index (χ0) is 10.7. The number of pyridine rings is 1. The first-order chi connectivity index (χ1) is 7.25. The van der Waals surface area contributed by atoms with Crippen molar-refractivity contribution in [2.75, 3.05) is 13.2 Å². The van der Waals surface area contributed by atoms with Crippen molar-refractivity contribution in [3.05, 3.63) is 22.4 Å². The molecule has 0 saturated carbocycles. The van der Waals surface area contributed by atoms with Crippen LogP contribution in [-0.2, 0) is 0 Å². The average molecular weight is 247 g/mol. The van der Waals surface area contributed by atoms with Gasteiger partial charge in [0.05, 0.1) is 11.2 Å². The van der Waals surface area contributed by atoms with Crippen molar-refractivity contribution in [1.82, 2.24) is 10.3 Å². The van der Waals surface area contributed by atoms with Gasteiger partial charge >= 0.3 is 0 Å². The van der Waals surface area contributed by atoms with Crippen molar-refractivity contribution >= 4 is 23.2 Å². The van der Waals surface area contributed by atoms with Crippen LogP contribution in [0.1, 0.15) is 12.8 Å². The molecule has 1 aromatic heterocycles. The molecule has 2 rings (SSSR count). The summed E-state index contributed by atoms with van der Waals surface area (Å²) < 4.78 is 5.56. The van der Waals surface area contributed by atoms with E-state index in [4.69, 9.17) is 27.9 Å². The summed E-state index contributed by atoms with van der Waals surface area (Å²) in [4.78, 5) is 3.91. The molecule has 1 aliphatic rings. The van der Waals surface area contributed by atoms with Gasteiger partial charge in [-0.15, -0.1) is 0 Å². The normalized spacial score (nSPS) is 20.5. The van der Waals surface area contributed by atoms with Crippen LogP contribution >= 0.6 is 23.2 Å². The second-order valence-electron chi connectivity index (χ2n) is 3.55. The number of ether oxygens (including phenoxy) is 1. The maximum Gasteiger partial charge on any atom is 0.147 e. The SMILES string of the molecule is Clc1cc(OC[C@@H]2CCCN2)cnc1Cl. The summed E-state index contributed by atoms with van der Waals surface area (Å²) in [7, 11) is 0. The van der Waals surface area contributed by atoms with Crippen molar-refractivity contribution in [3.8, 4) is 5.75 Å². The first-order valence-corrected chi connectivity index (χ1v) is 5.68. The van der Waals surface area contributed by atoms with E-state index in [1.807, 2.05) is 0 Å². The lowest BCUT2D eigenvalue weighted by atomic mass is 10.2. The highest BCUT2D eigenvalue weighted by Crippen LogP contribution is 2.23. The van der Waals surface area contributed by atoms with Crippen LogP contribution in [0.25, 0.3) is 0 Å². The Morgan fingerprint density at radius 1 is 1.53 bits per heavy atom. The molecule has 3 nitrogen and oxygen atoms in total. The zero-order valence-electron chi connectivity index (χ0n) is 8.17. The smallest absolute Gasteiger partial charge is 0.147 e. The van der Waals surface area contributed by atoms with Gasteiger partial charge in [0.15, 0.2) is 0 Å². The third kappa shape index (κ3) is 2.97. The molecule has 15 heavy (non-hydrogen) atoms. The quantitative estimate of drug-likeness (QED) is 0.833. The van der Waals surface area contributed by atoms with Crippen LogP contribution in [0.2, 0.25) is 10.2 Å². The summed E-state index contributed by atoms with van der Waals surface area (Å²) in [6.07, 6.45) is 3.96. The Hall–Kier alpha value is -0.510. The number of hydrogen-bond acceptors (Lipinski definition) is 3. The third-order valence-corrected chi connectivity index (χ3v) is 3.07. The predicted octanol–water partition coefficient (Wildman–Crippen LogP) is 2.52. The molecule has 0 amide bonds. The molecule has 5 heteroatoms. The summed E-state index contributed by atoms with van der Waals surface area (Å²) >= 11 is 11.5. The van der Waals surface area contributed by atoms with E-state index < -0.39 is 0 Å². The maximum absolute atomic E-state index is 5.82. The van der Waals surface area contributed by atoms with Crippen molar-refractivity contribution in [2.24, 2.45) is 0 Å². The maximum atomic E-state index is 5.82. The van der Waals surface area contributed by atoms with Crippen LogP contribution in [0.5, 0.6) is 5.75 Å². The van der Waals surface area contributed by atoms with Crippen molar-refractivity contribution in [1.29, 1.82) is 0 Å². The van der Waals surface area contributed by atoms with Gasteiger partial charge in [0.2, 0.25) is 0 Å². The van der Waals surface area contributed by atoms with Gasteiger partial charge in [-0.2, -0.15) is 0 Å². The molecule has 1 atom stereocenters. The third-order valence-electron chi connectivity index (χ3n) is 2.38. The lowest BCUT2D eigenvalue weighted by Gasteiger charge is -2.11. The first-order valence-electron chi connectivity index (χ1n) is 4.93. The van der Waals surface area contributed by atoms with Gasteiger partial charge in [-0.3, -0.25) is 0 Å². The Balaban J connectivity index is 1.90. The molecule has 82 valence electrons. The predicted molar refractivity (Wildman–Crippen MR) is 60.8 cm³/mol. The van der Waals surface area contributed by atoms with E-state index in [0.29, 0.717) is 28.6 Å². The molecule has 0 unspecified atom stereocenters. The highest BCUT2D eigenvalue weighted by Gasteiger charge is 2.14. The Morgan fingerprint density at radius 3 is 3.07 bits per heavy atom. The van der Waals surface area contributed by atoms with Gasteiger partial charge in [0.1, 0.15) is 17.5 Å². The van der Waals surface area contributed by atoms with Crippen LogP contribution in [0, 0.1) is 0 Å². The molecule has 2 heterocycles. The van der Waals surface area contributed by atoms with Gasteiger partial charge in [-0.05, 0) is 19.4 Å². The molecule has 0 aliphatic carbocycles. The fourth-order valence-corrected chi connectivity index (χ4v) is 1.84. The van der Waals surface area contributed by atoms with Crippen molar-refractivity contribution in [3.63, 3.8) is 0 Å². The van der Waals surface area contributed by atoms with Gasteiger partial charge in [-0.1, -0.05) is 23.2 Å². The minimum Gasteiger partial charge on any atom is -0.490 e. The molecular formula is C10H12Cl2N2O. The Morgan fingerprint density at radius 2 is 2.40 bits per heavy atom. The van der Waals surface area contributed by atoms with Crippen molar-refractivity contribution < 1.29 is 4.74 Å².